The highest BCUT2D eigenvalue weighted by atomic mass is 32.2. The first-order valence-corrected chi connectivity index (χ1v) is 11.0. The summed E-state index contributed by atoms with van der Waals surface area (Å²) in [6.45, 7) is 2.67. The average molecular weight is 403 g/mol. The SMILES string of the molecule is Cc1nc(C2CCCN(S(=O)(=O)Cc3ccccc3)C2)ncc1C(=O)N(C)C. The van der Waals surface area contributed by atoms with Gasteiger partial charge in [0.05, 0.1) is 17.0 Å². The van der Waals surface area contributed by atoms with Crippen LogP contribution < -0.4 is 0 Å². The van der Waals surface area contributed by atoms with Crippen LogP contribution in [-0.2, 0) is 15.8 Å². The van der Waals surface area contributed by atoms with Crippen LogP contribution in [0.15, 0.2) is 36.5 Å². The maximum Gasteiger partial charge on any atom is 0.256 e. The van der Waals surface area contributed by atoms with E-state index in [1.165, 1.54) is 4.90 Å². The third kappa shape index (κ3) is 4.56. The van der Waals surface area contributed by atoms with Crippen LogP contribution in [0.2, 0.25) is 0 Å². The second-order valence-electron chi connectivity index (χ2n) is 7.37. The molecule has 1 unspecified atom stereocenters. The summed E-state index contributed by atoms with van der Waals surface area (Å²) < 4.78 is 27.3. The van der Waals surface area contributed by atoms with Crippen molar-refractivity contribution in [2.45, 2.75) is 31.4 Å². The van der Waals surface area contributed by atoms with Crippen LogP contribution in [0.1, 0.15) is 46.2 Å². The molecule has 1 aromatic heterocycles. The minimum Gasteiger partial charge on any atom is -0.345 e. The van der Waals surface area contributed by atoms with Crippen LogP contribution in [-0.4, -0.2) is 60.7 Å². The van der Waals surface area contributed by atoms with E-state index in [1.807, 2.05) is 30.3 Å². The lowest BCUT2D eigenvalue weighted by atomic mass is 9.98. The fourth-order valence-electron chi connectivity index (χ4n) is 3.41. The molecule has 0 N–H and O–H groups in total. The van der Waals surface area contributed by atoms with E-state index >= 15 is 0 Å². The van der Waals surface area contributed by atoms with E-state index in [0.29, 0.717) is 30.2 Å². The van der Waals surface area contributed by atoms with Crippen molar-refractivity contribution in [2.24, 2.45) is 0 Å². The van der Waals surface area contributed by atoms with Gasteiger partial charge in [-0.05, 0) is 25.3 Å². The second kappa shape index (κ2) is 8.36. The van der Waals surface area contributed by atoms with E-state index in [-0.39, 0.29) is 17.6 Å². The lowest BCUT2D eigenvalue weighted by Crippen LogP contribution is -2.40. The first-order chi connectivity index (χ1) is 13.3. The van der Waals surface area contributed by atoms with Gasteiger partial charge < -0.3 is 4.90 Å². The third-order valence-corrected chi connectivity index (χ3v) is 6.79. The van der Waals surface area contributed by atoms with Gasteiger partial charge in [0.25, 0.3) is 5.91 Å². The van der Waals surface area contributed by atoms with E-state index in [1.54, 1.807) is 31.5 Å². The molecule has 1 aliphatic rings. The number of aryl methyl sites for hydroxylation is 1. The van der Waals surface area contributed by atoms with E-state index < -0.39 is 10.0 Å². The Morgan fingerprint density at radius 3 is 2.61 bits per heavy atom. The summed E-state index contributed by atoms with van der Waals surface area (Å²) in [4.78, 5) is 22.6. The Kier molecular flexibility index (Phi) is 6.10. The fourth-order valence-corrected chi connectivity index (χ4v) is 5.03. The van der Waals surface area contributed by atoms with Crippen molar-refractivity contribution in [3.8, 4) is 0 Å². The van der Waals surface area contributed by atoms with Crippen molar-refractivity contribution in [2.75, 3.05) is 27.2 Å². The quantitative estimate of drug-likeness (QED) is 0.766. The van der Waals surface area contributed by atoms with Gasteiger partial charge in [0.2, 0.25) is 10.0 Å². The molecule has 28 heavy (non-hydrogen) atoms. The number of carbonyl (C=O) groups excluding carboxylic acids is 1. The number of hydrogen-bond acceptors (Lipinski definition) is 5. The van der Waals surface area contributed by atoms with Crippen molar-refractivity contribution in [3.63, 3.8) is 0 Å². The van der Waals surface area contributed by atoms with Gasteiger partial charge >= 0.3 is 0 Å². The van der Waals surface area contributed by atoms with Crippen LogP contribution in [0, 0.1) is 6.92 Å². The molecule has 0 aliphatic carbocycles. The minimum atomic E-state index is -3.40. The van der Waals surface area contributed by atoms with Crippen LogP contribution in [0.5, 0.6) is 0 Å². The minimum absolute atomic E-state index is 0.00325. The molecule has 0 radical (unpaired) electrons. The molecule has 3 rings (SSSR count). The van der Waals surface area contributed by atoms with E-state index in [0.717, 1.165) is 18.4 Å². The summed E-state index contributed by atoms with van der Waals surface area (Å²) in [5.74, 6) is 0.394. The first-order valence-electron chi connectivity index (χ1n) is 9.35. The maximum atomic E-state index is 12.9. The van der Waals surface area contributed by atoms with Crippen LogP contribution in [0.3, 0.4) is 0 Å². The normalized spacial score (nSPS) is 18.0. The number of nitrogens with zero attached hydrogens (tertiary/aromatic N) is 4. The van der Waals surface area contributed by atoms with E-state index in [2.05, 4.69) is 9.97 Å². The summed E-state index contributed by atoms with van der Waals surface area (Å²) in [5.41, 5.74) is 1.87. The molecule has 1 saturated heterocycles. The van der Waals surface area contributed by atoms with Crippen molar-refractivity contribution in [1.29, 1.82) is 0 Å². The van der Waals surface area contributed by atoms with Gasteiger partial charge in [0.15, 0.2) is 0 Å². The highest BCUT2D eigenvalue weighted by Crippen LogP contribution is 2.27. The van der Waals surface area contributed by atoms with Gasteiger partial charge in [-0.3, -0.25) is 4.79 Å². The summed E-state index contributed by atoms with van der Waals surface area (Å²) >= 11 is 0. The number of aromatic nitrogens is 2. The Labute approximate surface area is 166 Å². The highest BCUT2D eigenvalue weighted by molar-refractivity contribution is 7.88. The molecule has 1 atom stereocenters. The van der Waals surface area contributed by atoms with Gasteiger partial charge in [-0.15, -0.1) is 0 Å². The van der Waals surface area contributed by atoms with Crippen molar-refractivity contribution in [1.82, 2.24) is 19.2 Å². The third-order valence-electron chi connectivity index (χ3n) is 4.97. The lowest BCUT2D eigenvalue weighted by molar-refractivity contribution is 0.0826. The standard InChI is InChI=1S/C20H26N4O3S/c1-15-18(20(25)23(2)3)12-21-19(22-15)17-10-7-11-24(13-17)28(26,27)14-16-8-5-4-6-9-16/h4-6,8-9,12,17H,7,10-11,13-14H2,1-3H3. The molecular formula is C20H26N4O3S. The Bertz CT molecular complexity index is 945. The predicted molar refractivity (Wildman–Crippen MR) is 107 cm³/mol. The van der Waals surface area contributed by atoms with E-state index in [9.17, 15) is 13.2 Å². The van der Waals surface area contributed by atoms with Crippen molar-refractivity contribution >= 4 is 15.9 Å². The molecular weight excluding hydrogens is 376 g/mol. The van der Waals surface area contributed by atoms with Crippen LogP contribution >= 0.6 is 0 Å². The summed E-state index contributed by atoms with van der Waals surface area (Å²) in [7, 11) is -0.0297. The number of benzene rings is 1. The monoisotopic (exact) mass is 402 g/mol. The molecule has 150 valence electrons. The molecule has 0 saturated carbocycles. The zero-order chi connectivity index (χ0) is 20.3. The zero-order valence-electron chi connectivity index (χ0n) is 16.5. The second-order valence-corrected chi connectivity index (χ2v) is 9.33. The predicted octanol–water partition coefficient (Wildman–Crippen LogP) is 2.20. The fraction of sp³-hybridized carbons (Fsp3) is 0.450. The number of sulfonamides is 1. The van der Waals surface area contributed by atoms with Gasteiger partial charge in [-0.25, -0.2) is 22.7 Å². The van der Waals surface area contributed by atoms with Crippen molar-refractivity contribution in [3.05, 3.63) is 59.2 Å². The first kappa shape index (κ1) is 20.4. The number of amides is 1. The average Bonchev–Trinajstić information content (AvgIpc) is 2.68. The van der Waals surface area contributed by atoms with Crippen LogP contribution in [0.4, 0.5) is 0 Å². The summed E-state index contributed by atoms with van der Waals surface area (Å²) in [6.07, 6.45) is 3.15. The number of piperidine rings is 1. The number of hydrogen-bond donors (Lipinski definition) is 0. The Balaban J connectivity index is 1.76. The molecule has 1 aromatic carbocycles. The van der Waals surface area contributed by atoms with Gasteiger partial charge in [-0.1, -0.05) is 30.3 Å². The Morgan fingerprint density at radius 1 is 1.25 bits per heavy atom. The molecule has 2 heterocycles. The topological polar surface area (TPSA) is 83.5 Å². The highest BCUT2D eigenvalue weighted by Gasteiger charge is 2.31. The molecule has 0 spiro atoms. The Hall–Kier alpha value is -2.32. The van der Waals surface area contributed by atoms with Crippen LogP contribution in [0.25, 0.3) is 0 Å². The molecule has 1 aliphatic heterocycles. The molecule has 7 nitrogen and oxygen atoms in total. The van der Waals surface area contributed by atoms with Crippen molar-refractivity contribution < 1.29 is 13.2 Å². The smallest absolute Gasteiger partial charge is 0.256 e. The maximum absolute atomic E-state index is 12.9. The molecule has 8 heteroatoms. The largest absolute Gasteiger partial charge is 0.345 e. The van der Waals surface area contributed by atoms with E-state index in [4.69, 9.17) is 0 Å². The molecule has 1 amide bonds. The summed E-state index contributed by atoms with van der Waals surface area (Å²) in [6, 6.07) is 9.21. The number of carbonyl (C=O) groups is 1. The molecule has 1 fully saturated rings. The number of rotatable bonds is 5. The summed E-state index contributed by atoms with van der Waals surface area (Å²) in [5, 5.41) is 0. The lowest BCUT2D eigenvalue weighted by Gasteiger charge is -2.31. The van der Waals surface area contributed by atoms with Gasteiger partial charge in [0.1, 0.15) is 5.82 Å². The molecule has 2 aromatic rings. The van der Waals surface area contributed by atoms with Gasteiger partial charge in [-0.2, -0.15) is 0 Å². The Morgan fingerprint density at radius 2 is 1.96 bits per heavy atom. The zero-order valence-corrected chi connectivity index (χ0v) is 17.3. The molecule has 0 bridgehead atoms. The van der Waals surface area contributed by atoms with Gasteiger partial charge in [0, 0.05) is 39.3 Å².